The smallest absolute Gasteiger partial charge is 0.133 e. The summed E-state index contributed by atoms with van der Waals surface area (Å²) in [6, 6.07) is 6.57. The maximum atomic E-state index is 9.14. The van der Waals surface area contributed by atoms with E-state index in [2.05, 4.69) is 47.2 Å². The molecule has 0 aliphatic heterocycles. The Balaban J connectivity index is 2.72. The topological polar surface area (TPSA) is 41.5 Å². The van der Waals surface area contributed by atoms with Gasteiger partial charge in [-0.25, -0.2) is 0 Å². The molecule has 0 bridgehead atoms. The van der Waals surface area contributed by atoms with Gasteiger partial charge >= 0.3 is 0 Å². The van der Waals surface area contributed by atoms with Gasteiger partial charge in [-0.05, 0) is 53.4 Å². The third kappa shape index (κ3) is 3.97. The van der Waals surface area contributed by atoms with Crippen LogP contribution in [0.1, 0.15) is 32.4 Å². The van der Waals surface area contributed by atoms with Gasteiger partial charge in [0, 0.05) is 18.7 Å². The van der Waals surface area contributed by atoms with Crippen LogP contribution in [0.25, 0.3) is 0 Å². The first kappa shape index (κ1) is 15.5. The first-order valence-corrected chi connectivity index (χ1v) is 6.99. The second-order valence-corrected chi connectivity index (χ2v) is 5.59. The fourth-order valence-electron chi connectivity index (χ4n) is 1.76. The molecule has 3 unspecified atom stereocenters. The molecule has 2 N–H and O–H groups in total. The minimum absolute atomic E-state index is 0.202. The largest absolute Gasteiger partial charge is 0.496 e. The molecule has 1 aromatic rings. The molecule has 1 rings (SSSR count). The molecule has 0 aliphatic carbocycles. The molecule has 102 valence electrons. The van der Waals surface area contributed by atoms with Crippen molar-refractivity contribution in [3.8, 4) is 5.75 Å². The van der Waals surface area contributed by atoms with Gasteiger partial charge in [-0.2, -0.15) is 0 Å². The van der Waals surface area contributed by atoms with Crippen molar-refractivity contribution in [2.24, 2.45) is 5.92 Å². The summed E-state index contributed by atoms with van der Waals surface area (Å²) in [5, 5.41) is 12.6. The van der Waals surface area contributed by atoms with Crippen LogP contribution in [0.3, 0.4) is 0 Å². The number of aliphatic hydroxyl groups is 1. The summed E-state index contributed by atoms with van der Waals surface area (Å²) in [6.45, 7) is 6.45. The van der Waals surface area contributed by atoms with Gasteiger partial charge in [0.15, 0.2) is 0 Å². The van der Waals surface area contributed by atoms with Gasteiger partial charge in [0.1, 0.15) is 5.75 Å². The van der Waals surface area contributed by atoms with Crippen LogP contribution in [0, 0.1) is 5.92 Å². The molecule has 4 heteroatoms. The third-order valence-electron chi connectivity index (χ3n) is 3.33. The lowest BCUT2D eigenvalue weighted by Gasteiger charge is -2.24. The van der Waals surface area contributed by atoms with Crippen LogP contribution in [-0.2, 0) is 0 Å². The van der Waals surface area contributed by atoms with E-state index in [1.165, 1.54) is 5.56 Å². The van der Waals surface area contributed by atoms with Gasteiger partial charge in [-0.3, -0.25) is 0 Å². The molecule has 0 radical (unpaired) electrons. The summed E-state index contributed by atoms with van der Waals surface area (Å²) >= 11 is 3.49. The number of ether oxygens (including phenoxy) is 1. The van der Waals surface area contributed by atoms with Gasteiger partial charge in [0.25, 0.3) is 0 Å². The van der Waals surface area contributed by atoms with Crippen molar-refractivity contribution in [2.75, 3.05) is 13.7 Å². The highest BCUT2D eigenvalue weighted by Gasteiger charge is 2.15. The monoisotopic (exact) mass is 315 g/mol. The van der Waals surface area contributed by atoms with Gasteiger partial charge in [0.05, 0.1) is 11.6 Å². The number of hydrogen-bond donors (Lipinski definition) is 2. The van der Waals surface area contributed by atoms with Crippen LogP contribution >= 0.6 is 15.9 Å². The Morgan fingerprint density at radius 1 is 1.33 bits per heavy atom. The van der Waals surface area contributed by atoms with Crippen molar-refractivity contribution in [1.82, 2.24) is 5.32 Å². The maximum absolute atomic E-state index is 9.14. The maximum Gasteiger partial charge on any atom is 0.133 e. The standard InChI is InChI=1S/C14H22BrNO2/c1-9(8-17)10(2)16-11(3)12-5-6-14(18-4)13(15)7-12/h5-7,9-11,16-17H,8H2,1-4H3. The number of nitrogens with one attached hydrogen (secondary N) is 1. The predicted molar refractivity (Wildman–Crippen MR) is 78.0 cm³/mol. The van der Waals surface area contributed by atoms with Gasteiger partial charge in [0.2, 0.25) is 0 Å². The summed E-state index contributed by atoms with van der Waals surface area (Å²) in [6.07, 6.45) is 0. The van der Waals surface area contributed by atoms with Crippen molar-refractivity contribution in [3.05, 3.63) is 28.2 Å². The fraction of sp³-hybridized carbons (Fsp3) is 0.571. The van der Waals surface area contributed by atoms with Gasteiger partial charge in [-0.15, -0.1) is 0 Å². The van der Waals surface area contributed by atoms with E-state index in [0.29, 0.717) is 0 Å². The molecule has 0 aliphatic rings. The Morgan fingerprint density at radius 2 is 2.00 bits per heavy atom. The van der Waals surface area contributed by atoms with Crippen molar-refractivity contribution in [1.29, 1.82) is 0 Å². The Labute approximate surface area is 118 Å². The quantitative estimate of drug-likeness (QED) is 0.847. The highest BCUT2D eigenvalue weighted by molar-refractivity contribution is 9.10. The average molecular weight is 316 g/mol. The number of hydrogen-bond acceptors (Lipinski definition) is 3. The summed E-state index contributed by atoms with van der Waals surface area (Å²) in [5.41, 5.74) is 1.19. The zero-order valence-electron chi connectivity index (χ0n) is 11.4. The first-order valence-electron chi connectivity index (χ1n) is 6.20. The van der Waals surface area contributed by atoms with Crippen molar-refractivity contribution >= 4 is 15.9 Å². The molecule has 3 nitrogen and oxygen atoms in total. The van der Waals surface area contributed by atoms with E-state index in [9.17, 15) is 0 Å². The minimum atomic E-state index is 0.202. The highest BCUT2D eigenvalue weighted by atomic mass is 79.9. The van der Waals surface area contributed by atoms with Crippen LogP contribution in [0.5, 0.6) is 5.75 Å². The summed E-state index contributed by atoms with van der Waals surface area (Å²) in [4.78, 5) is 0. The van der Waals surface area contributed by atoms with Gasteiger partial charge in [-0.1, -0.05) is 13.0 Å². The molecular weight excluding hydrogens is 294 g/mol. The minimum Gasteiger partial charge on any atom is -0.496 e. The van der Waals surface area contributed by atoms with Crippen LogP contribution in [0.15, 0.2) is 22.7 Å². The Morgan fingerprint density at radius 3 is 2.50 bits per heavy atom. The lowest BCUT2D eigenvalue weighted by atomic mass is 10.0. The SMILES string of the molecule is COc1ccc(C(C)NC(C)C(C)CO)cc1Br. The number of aliphatic hydroxyl groups excluding tert-OH is 1. The fourth-order valence-corrected chi connectivity index (χ4v) is 2.32. The van der Waals surface area contributed by atoms with Crippen LogP contribution in [0.2, 0.25) is 0 Å². The lowest BCUT2D eigenvalue weighted by Crippen LogP contribution is -2.35. The Hall–Kier alpha value is -0.580. The number of rotatable bonds is 6. The molecule has 0 saturated heterocycles. The molecule has 1 aromatic carbocycles. The van der Waals surface area contributed by atoms with E-state index < -0.39 is 0 Å². The Kier molecular flexibility index (Phi) is 6.12. The summed E-state index contributed by atoms with van der Waals surface area (Å²) in [5.74, 6) is 1.08. The molecule has 0 saturated carbocycles. The third-order valence-corrected chi connectivity index (χ3v) is 3.95. The van der Waals surface area contributed by atoms with Crippen LogP contribution < -0.4 is 10.1 Å². The molecule has 18 heavy (non-hydrogen) atoms. The molecule has 3 atom stereocenters. The van der Waals surface area contributed by atoms with Crippen molar-refractivity contribution < 1.29 is 9.84 Å². The Bertz CT molecular complexity index is 384. The lowest BCUT2D eigenvalue weighted by molar-refractivity contribution is 0.202. The van der Waals surface area contributed by atoms with E-state index in [-0.39, 0.29) is 24.6 Å². The highest BCUT2D eigenvalue weighted by Crippen LogP contribution is 2.28. The molecule has 0 amide bonds. The molecule has 0 fully saturated rings. The number of benzene rings is 1. The first-order chi connectivity index (χ1) is 8.49. The van der Waals surface area contributed by atoms with E-state index in [1.807, 2.05) is 13.0 Å². The van der Waals surface area contributed by atoms with E-state index in [1.54, 1.807) is 7.11 Å². The van der Waals surface area contributed by atoms with E-state index in [4.69, 9.17) is 9.84 Å². The number of methoxy groups -OCH3 is 1. The van der Waals surface area contributed by atoms with E-state index in [0.717, 1.165) is 10.2 Å². The summed E-state index contributed by atoms with van der Waals surface area (Å²) < 4.78 is 6.17. The van der Waals surface area contributed by atoms with Gasteiger partial charge < -0.3 is 15.2 Å². The van der Waals surface area contributed by atoms with E-state index >= 15 is 0 Å². The second kappa shape index (κ2) is 7.12. The van der Waals surface area contributed by atoms with Crippen LogP contribution in [0.4, 0.5) is 0 Å². The van der Waals surface area contributed by atoms with Crippen LogP contribution in [-0.4, -0.2) is 24.9 Å². The predicted octanol–water partition coefficient (Wildman–Crippen LogP) is 3.13. The molecular formula is C14H22BrNO2. The second-order valence-electron chi connectivity index (χ2n) is 4.73. The molecule has 0 spiro atoms. The van der Waals surface area contributed by atoms with Crippen molar-refractivity contribution in [2.45, 2.75) is 32.9 Å². The molecule has 0 heterocycles. The van der Waals surface area contributed by atoms with Crippen molar-refractivity contribution in [3.63, 3.8) is 0 Å². The zero-order chi connectivity index (χ0) is 13.7. The summed E-state index contributed by atoms with van der Waals surface area (Å²) in [7, 11) is 1.66. The number of halogens is 1. The average Bonchev–Trinajstić information content (AvgIpc) is 2.37. The molecule has 0 aromatic heterocycles. The zero-order valence-corrected chi connectivity index (χ0v) is 13.0. The normalized spacial score (nSPS) is 16.1.